The number of aliphatic hydroxyl groups is 1. The molecule has 0 aliphatic carbocycles. The molecule has 3 N–H and O–H groups in total. The molecule has 0 radical (unpaired) electrons. The molecular formula is C10H18N2OS. The summed E-state index contributed by atoms with van der Waals surface area (Å²) in [4.78, 5) is 4.23. The van der Waals surface area contributed by atoms with Crippen molar-refractivity contribution in [1.82, 2.24) is 4.98 Å². The summed E-state index contributed by atoms with van der Waals surface area (Å²) >= 11 is 1.62. The molecule has 0 fully saturated rings. The molecule has 80 valence electrons. The second kappa shape index (κ2) is 4.87. The monoisotopic (exact) mass is 214 g/mol. The summed E-state index contributed by atoms with van der Waals surface area (Å²) in [7, 11) is 0. The number of nitrogens with zero attached hydrogens (tertiary/aromatic N) is 1. The van der Waals surface area contributed by atoms with Crippen LogP contribution in [0.15, 0.2) is 11.6 Å². The van der Waals surface area contributed by atoms with Gasteiger partial charge < -0.3 is 10.8 Å². The molecule has 14 heavy (non-hydrogen) atoms. The van der Waals surface area contributed by atoms with Crippen LogP contribution in [-0.2, 0) is 6.42 Å². The maximum Gasteiger partial charge on any atom is 0.0931 e. The molecule has 0 saturated carbocycles. The largest absolute Gasteiger partial charge is 0.396 e. The van der Waals surface area contributed by atoms with Gasteiger partial charge in [-0.1, -0.05) is 13.8 Å². The fraction of sp³-hybridized carbons (Fsp3) is 0.700. The van der Waals surface area contributed by atoms with E-state index in [1.165, 1.54) is 0 Å². The molecule has 1 rings (SSSR count). The third-order valence-electron chi connectivity index (χ3n) is 2.93. The predicted molar refractivity (Wildman–Crippen MR) is 59.2 cm³/mol. The Morgan fingerprint density at radius 1 is 1.64 bits per heavy atom. The van der Waals surface area contributed by atoms with Gasteiger partial charge in [-0.3, -0.25) is 0 Å². The van der Waals surface area contributed by atoms with Crippen molar-refractivity contribution < 1.29 is 5.11 Å². The zero-order valence-electron chi connectivity index (χ0n) is 8.73. The SMILES string of the molecule is CC(C)C(CN)(CO)Cc1nccs1. The lowest BCUT2D eigenvalue weighted by Gasteiger charge is -2.33. The van der Waals surface area contributed by atoms with Crippen molar-refractivity contribution in [2.45, 2.75) is 20.3 Å². The molecule has 0 saturated heterocycles. The number of aliphatic hydroxyl groups excluding tert-OH is 1. The Morgan fingerprint density at radius 2 is 2.36 bits per heavy atom. The second-order valence-electron chi connectivity index (χ2n) is 3.98. The van der Waals surface area contributed by atoms with Crippen LogP contribution in [0.1, 0.15) is 18.9 Å². The van der Waals surface area contributed by atoms with E-state index in [1.54, 1.807) is 17.5 Å². The quantitative estimate of drug-likeness (QED) is 0.776. The van der Waals surface area contributed by atoms with E-state index in [0.29, 0.717) is 12.5 Å². The van der Waals surface area contributed by atoms with E-state index in [4.69, 9.17) is 5.73 Å². The van der Waals surface area contributed by atoms with Gasteiger partial charge in [0.1, 0.15) is 0 Å². The Hall–Kier alpha value is -0.450. The van der Waals surface area contributed by atoms with Gasteiger partial charge in [0.05, 0.1) is 11.6 Å². The highest BCUT2D eigenvalue weighted by Gasteiger charge is 2.32. The van der Waals surface area contributed by atoms with E-state index in [2.05, 4.69) is 18.8 Å². The molecule has 1 atom stereocenters. The van der Waals surface area contributed by atoms with Crippen molar-refractivity contribution in [1.29, 1.82) is 0 Å². The van der Waals surface area contributed by atoms with Gasteiger partial charge in [0, 0.05) is 30.0 Å². The summed E-state index contributed by atoms with van der Waals surface area (Å²) in [6.07, 6.45) is 2.56. The van der Waals surface area contributed by atoms with Crippen LogP contribution in [0.3, 0.4) is 0 Å². The van der Waals surface area contributed by atoms with Gasteiger partial charge in [0.2, 0.25) is 0 Å². The molecule has 4 heteroatoms. The zero-order chi connectivity index (χ0) is 10.6. The number of hydrogen-bond acceptors (Lipinski definition) is 4. The molecule has 0 amide bonds. The minimum Gasteiger partial charge on any atom is -0.396 e. The molecule has 1 aromatic rings. The summed E-state index contributed by atoms with van der Waals surface area (Å²) in [6.45, 7) is 4.81. The fourth-order valence-corrected chi connectivity index (χ4v) is 2.23. The van der Waals surface area contributed by atoms with Gasteiger partial charge in [0.15, 0.2) is 0 Å². The Labute approximate surface area is 89.0 Å². The molecule has 0 bridgehead atoms. The first-order chi connectivity index (χ1) is 6.64. The Morgan fingerprint density at radius 3 is 2.71 bits per heavy atom. The van der Waals surface area contributed by atoms with E-state index in [9.17, 15) is 5.11 Å². The molecule has 1 unspecified atom stereocenters. The normalized spacial score (nSPS) is 15.8. The summed E-state index contributed by atoms with van der Waals surface area (Å²) in [5.74, 6) is 0.362. The highest BCUT2D eigenvalue weighted by Crippen LogP contribution is 2.30. The highest BCUT2D eigenvalue weighted by molar-refractivity contribution is 7.09. The maximum absolute atomic E-state index is 9.44. The third kappa shape index (κ3) is 2.32. The van der Waals surface area contributed by atoms with Crippen LogP contribution < -0.4 is 5.73 Å². The first-order valence-electron chi connectivity index (χ1n) is 4.84. The lowest BCUT2D eigenvalue weighted by molar-refractivity contribution is 0.0842. The summed E-state index contributed by atoms with van der Waals surface area (Å²) in [5, 5.41) is 12.4. The standard InChI is InChI=1S/C10H18N2OS/c1-8(2)10(6-11,7-13)5-9-12-3-4-14-9/h3-4,8,13H,5-7,11H2,1-2H3. The van der Waals surface area contributed by atoms with Gasteiger partial charge in [0.25, 0.3) is 0 Å². The molecule has 0 spiro atoms. The van der Waals surface area contributed by atoms with Crippen LogP contribution in [0.25, 0.3) is 0 Å². The Kier molecular flexibility index (Phi) is 4.04. The lowest BCUT2D eigenvalue weighted by Crippen LogP contribution is -2.41. The van der Waals surface area contributed by atoms with Crippen LogP contribution in [0.4, 0.5) is 0 Å². The van der Waals surface area contributed by atoms with Crippen molar-refractivity contribution in [2.75, 3.05) is 13.2 Å². The molecule has 1 aromatic heterocycles. The summed E-state index contributed by atoms with van der Waals surface area (Å²) in [6, 6.07) is 0. The van der Waals surface area contributed by atoms with E-state index in [-0.39, 0.29) is 12.0 Å². The minimum absolute atomic E-state index is 0.126. The number of rotatable bonds is 5. The van der Waals surface area contributed by atoms with Crippen molar-refractivity contribution in [3.05, 3.63) is 16.6 Å². The predicted octanol–water partition coefficient (Wildman–Crippen LogP) is 1.28. The molecule has 3 nitrogen and oxygen atoms in total. The molecule has 1 heterocycles. The van der Waals surface area contributed by atoms with Gasteiger partial charge in [-0.15, -0.1) is 11.3 Å². The van der Waals surface area contributed by atoms with Gasteiger partial charge in [-0.05, 0) is 5.92 Å². The Bertz CT molecular complexity index is 255. The van der Waals surface area contributed by atoms with Crippen molar-refractivity contribution in [3.63, 3.8) is 0 Å². The van der Waals surface area contributed by atoms with Gasteiger partial charge in [-0.2, -0.15) is 0 Å². The van der Waals surface area contributed by atoms with E-state index < -0.39 is 0 Å². The summed E-state index contributed by atoms with van der Waals surface area (Å²) < 4.78 is 0. The topological polar surface area (TPSA) is 59.1 Å². The summed E-state index contributed by atoms with van der Waals surface area (Å²) in [5.41, 5.74) is 5.54. The fourth-order valence-electron chi connectivity index (χ4n) is 1.46. The highest BCUT2D eigenvalue weighted by atomic mass is 32.1. The minimum atomic E-state index is -0.210. The van der Waals surface area contributed by atoms with E-state index in [0.717, 1.165) is 11.4 Å². The second-order valence-corrected chi connectivity index (χ2v) is 4.96. The van der Waals surface area contributed by atoms with Gasteiger partial charge >= 0.3 is 0 Å². The zero-order valence-corrected chi connectivity index (χ0v) is 9.55. The van der Waals surface area contributed by atoms with Crippen LogP contribution in [0, 0.1) is 11.3 Å². The molecular weight excluding hydrogens is 196 g/mol. The van der Waals surface area contributed by atoms with Crippen molar-refractivity contribution >= 4 is 11.3 Å². The number of aromatic nitrogens is 1. The average molecular weight is 214 g/mol. The first-order valence-corrected chi connectivity index (χ1v) is 5.72. The molecule has 0 aromatic carbocycles. The van der Waals surface area contributed by atoms with Crippen LogP contribution in [0.5, 0.6) is 0 Å². The maximum atomic E-state index is 9.44. The van der Waals surface area contributed by atoms with Crippen molar-refractivity contribution in [3.8, 4) is 0 Å². The number of nitrogens with two attached hydrogens (primary N) is 1. The molecule has 0 aliphatic heterocycles. The number of thiazole rings is 1. The lowest BCUT2D eigenvalue weighted by atomic mass is 9.75. The molecule has 0 aliphatic rings. The third-order valence-corrected chi connectivity index (χ3v) is 3.71. The smallest absolute Gasteiger partial charge is 0.0931 e. The van der Waals surface area contributed by atoms with Crippen LogP contribution in [-0.4, -0.2) is 23.2 Å². The van der Waals surface area contributed by atoms with Crippen molar-refractivity contribution in [2.24, 2.45) is 17.1 Å². The van der Waals surface area contributed by atoms with Crippen LogP contribution >= 0.6 is 11.3 Å². The van der Waals surface area contributed by atoms with Crippen LogP contribution in [0.2, 0.25) is 0 Å². The first kappa shape index (κ1) is 11.6. The average Bonchev–Trinajstić information content (AvgIpc) is 2.66. The Balaban J connectivity index is 2.78. The number of hydrogen-bond donors (Lipinski definition) is 2. The van der Waals surface area contributed by atoms with Gasteiger partial charge in [-0.25, -0.2) is 4.98 Å². The van der Waals surface area contributed by atoms with E-state index in [1.807, 2.05) is 5.38 Å². The van der Waals surface area contributed by atoms with E-state index >= 15 is 0 Å².